The van der Waals surface area contributed by atoms with Gasteiger partial charge in [-0.3, -0.25) is 4.90 Å². The second kappa shape index (κ2) is 6.67. The van der Waals surface area contributed by atoms with Crippen LogP contribution in [0.2, 0.25) is 0 Å². The van der Waals surface area contributed by atoms with Gasteiger partial charge in [0, 0.05) is 19.6 Å². The van der Waals surface area contributed by atoms with Crippen LogP contribution in [0.1, 0.15) is 19.8 Å². The van der Waals surface area contributed by atoms with Gasteiger partial charge in [-0.2, -0.15) is 4.31 Å². The number of ether oxygens (including phenoxy) is 2. The first kappa shape index (κ1) is 16.5. The lowest BCUT2D eigenvalue weighted by molar-refractivity contribution is 0.166. The van der Waals surface area contributed by atoms with Crippen LogP contribution in [0, 0.1) is 0 Å². The Labute approximate surface area is 138 Å². The third-order valence-electron chi connectivity index (χ3n) is 4.59. The summed E-state index contributed by atoms with van der Waals surface area (Å²) in [5, 5.41) is 0. The first-order valence-corrected chi connectivity index (χ1v) is 9.57. The van der Waals surface area contributed by atoms with Crippen LogP contribution in [0.15, 0.2) is 23.1 Å². The molecule has 0 aliphatic carbocycles. The van der Waals surface area contributed by atoms with Crippen molar-refractivity contribution in [3.63, 3.8) is 0 Å². The van der Waals surface area contributed by atoms with Gasteiger partial charge in [0.25, 0.3) is 0 Å². The number of hydrogen-bond acceptors (Lipinski definition) is 5. The van der Waals surface area contributed by atoms with Gasteiger partial charge in [-0.1, -0.05) is 13.0 Å². The molecule has 0 amide bonds. The lowest BCUT2D eigenvalue weighted by atomic mass is 10.2. The van der Waals surface area contributed by atoms with Crippen LogP contribution < -0.4 is 9.47 Å². The molecule has 2 aliphatic heterocycles. The summed E-state index contributed by atoms with van der Waals surface area (Å²) in [4.78, 5) is 2.53. The monoisotopic (exact) mass is 340 g/mol. The number of hydrogen-bond donors (Lipinski definition) is 0. The highest BCUT2D eigenvalue weighted by atomic mass is 32.2. The Morgan fingerprint density at radius 2 is 2.09 bits per heavy atom. The molecule has 0 unspecified atom stereocenters. The topological polar surface area (TPSA) is 59.1 Å². The highest BCUT2D eigenvalue weighted by Gasteiger charge is 2.32. The average Bonchev–Trinajstić information content (AvgIpc) is 3.01. The predicted octanol–water partition coefficient (Wildman–Crippen LogP) is 1.56. The van der Waals surface area contributed by atoms with Crippen LogP contribution in [-0.2, 0) is 10.0 Å². The molecule has 1 saturated heterocycles. The third-order valence-corrected chi connectivity index (χ3v) is 6.44. The molecule has 128 valence electrons. The SMILES string of the molecule is CCN1CCC[C@H]1CN(C)S(=O)(=O)c1cccc2c1OCCO2. The minimum absolute atomic E-state index is 0.193. The molecular formula is C16H24N2O4S. The van der Waals surface area contributed by atoms with E-state index in [4.69, 9.17) is 9.47 Å². The molecule has 1 aromatic rings. The van der Waals surface area contributed by atoms with Crippen molar-refractivity contribution in [2.75, 3.05) is 39.9 Å². The quantitative estimate of drug-likeness (QED) is 0.814. The van der Waals surface area contributed by atoms with E-state index in [1.54, 1.807) is 25.2 Å². The smallest absolute Gasteiger partial charge is 0.246 e. The molecule has 1 aromatic carbocycles. The standard InChI is InChI=1S/C16H24N2O4S/c1-3-18-9-5-6-13(18)12-17(2)23(19,20)15-8-4-7-14-16(15)22-11-10-21-14/h4,7-8,13H,3,5-6,9-12H2,1-2H3/t13-/m0/s1. The van der Waals surface area contributed by atoms with Gasteiger partial charge in [-0.05, 0) is 38.1 Å². The average molecular weight is 340 g/mol. The van der Waals surface area contributed by atoms with Crippen molar-refractivity contribution in [2.24, 2.45) is 0 Å². The fraction of sp³-hybridized carbons (Fsp3) is 0.625. The van der Waals surface area contributed by atoms with E-state index >= 15 is 0 Å². The molecule has 3 rings (SSSR count). The van der Waals surface area contributed by atoms with Crippen LogP contribution in [0.3, 0.4) is 0 Å². The summed E-state index contributed by atoms with van der Waals surface area (Å²) in [5.41, 5.74) is 0. The number of nitrogens with zero attached hydrogens (tertiary/aromatic N) is 2. The Bertz CT molecular complexity index is 662. The third kappa shape index (κ3) is 3.18. The van der Waals surface area contributed by atoms with Crippen molar-refractivity contribution in [3.05, 3.63) is 18.2 Å². The summed E-state index contributed by atoms with van der Waals surface area (Å²) in [6.07, 6.45) is 2.17. The predicted molar refractivity (Wildman–Crippen MR) is 87.5 cm³/mol. The number of likely N-dealkylation sites (tertiary alicyclic amines) is 1. The van der Waals surface area contributed by atoms with E-state index < -0.39 is 10.0 Å². The second-order valence-electron chi connectivity index (χ2n) is 5.99. The first-order valence-electron chi connectivity index (χ1n) is 8.13. The molecule has 2 aliphatic rings. The van der Waals surface area contributed by atoms with E-state index in [1.807, 2.05) is 0 Å². The van der Waals surface area contributed by atoms with E-state index in [1.165, 1.54) is 4.31 Å². The van der Waals surface area contributed by atoms with Gasteiger partial charge >= 0.3 is 0 Å². The Morgan fingerprint density at radius 1 is 1.30 bits per heavy atom. The zero-order valence-electron chi connectivity index (χ0n) is 13.7. The van der Waals surface area contributed by atoms with Gasteiger partial charge in [-0.25, -0.2) is 8.42 Å². The van der Waals surface area contributed by atoms with Crippen molar-refractivity contribution in [3.8, 4) is 11.5 Å². The fourth-order valence-corrected chi connectivity index (χ4v) is 4.68. The zero-order chi connectivity index (χ0) is 16.4. The van der Waals surface area contributed by atoms with E-state index in [0.717, 1.165) is 25.9 Å². The van der Waals surface area contributed by atoms with Gasteiger partial charge in [0.2, 0.25) is 10.0 Å². The van der Waals surface area contributed by atoms with Crippen LogP contribution in [0.25, 0.3) is 0 Å². The molecule has 6 nitrogen and oxygen atoms in total. The van der Waals surface area contributed by atoms with Crippen LogP contribution in [0.5, 0.6) is 11.5 Å². The summed E-state index contributed by atoms with van der Waals surface area (Å²) in [7, 11) is -1.95. The number of benzene rings is 1. The Morgan fingerprint density at radius 3 is 2.87 bits per heavy atom. The lowest BCUT2D eigenvalue weighted by Gasteiger charge is -2.28. The molecule has 0 radical (unpaired) electrons. The van der Waals surface area contributed by atoms with E-state index in [9.17, 15) is 8.42 Å². The van der Waals surface area contributed by atoms with Crippen LogP contribution >= 0.6 is 0 Å². The minimum atomic E-state index is -3.60. The molecular weight excluding hydrogens is 316 g/mol. The largest absolute Gasteiger partial charge is 0.486 e. The summed E-state index contributed by atoms with van der Waals surface area (Å²) >= 11 is 0. The van der Waals surface area contributed by atoms with Crippen molar-refractivity contribution in [1.82, 2.24) is 9.21 Å². The van der Waals surface area contributed by atoms with Crippen molar-refractivity contribution >= 4 is 10.0 Å². The summed E-state index contributed by atoms with van der Waals surface area (Å²) in [5.74, 6) is 0.839. The van der Waals surface area contributed by atoms with Crippen molar-refractivity contribution in [2.45, 2.75) is 30.7 Å². The molecule has 0 spiro atoms. The molecule has 7 heteroatoms. The van der Waals surface area contributed by atoms with E-state index in [2.05, 4.69) is 11.8 Å². The van der Waals surface area contributed by atoms with Gasteiger partial charge < -0.3 is 9.47 Å². The minimum Gasteiger partial charge on any atom is -0.486 e. The summed E-state index contributed by atoms with van der Waals surface area (Å²) in [6.45, 7) is 5.44. The number of para-hydroxylation sites is 1. The van der Waals surface area contributed by atoms with Gasteiger partial charge in [0.1, 0.15) is 18.1 Å². The molecule has 1 atom stereocenters. The number of rotatable bonds is 5. The highest BCUT2D eigenvalue weighted by Crippen LogP contribution is 2.37. The molecule has 2 heterocycles. The Kier molecular flexibility index (Phi) is 4.79. The molecule has 0 N–H and O–H groups in total. The second-order valence-corrected chi connectivity index (χ2v) is 8.00. The summed E-state index contributed by atoms with van der Waals surface area (Å²) in [6, 6.07) is 5.31. The molecule has 0 bridgehead atoms. The lowest BCUT2D eigenvalue weighted by Crippen LogP contribution is -2.41. The molecule has 0 aromatic heterocycles. The zero-order valence-corrected chi connectivity index (χ0v) is 14.5. The highest BCUT2D eigenvalue weighted by molar-refractivity contribution is 7.89. The molecule has 0 saturated carbocycles. The van der Waals surface area contributed by atoms with Crippen LogP contribution in [-0.4, -0.2) is 63.6 Å². The maximum Gasteiger partial charge on any atom is 0.246 e. The first-order chi connectivity index (χ1) is 11.0. The Hall–Kier alpha value is -1.31. The number of fused-ring (bicyclic) bond motifs is 1. The number of likely N-dealkylation sites (N-methyl/N-ethyl adjacent to an activating group) is 2. The van der Waals surface area contributed by atoms with Crippen molar-refractivity contribution < 1.29 is 17.9 Å². The van der Waals surface area contributed by atoms with Crippen LogP contribution in [0.4, 0.5) is 0 Å². The molecule has 23 heavy (non-hydrogen) atoms. The maximum absolute atomic E-state index is 13.0. The van der Waals surface area contributed by atoms with E-state index in [-0.39, 0.29) is 10.9 Å². The van der Waals surface area contributed by atoms with Gasteiger partial charge in [0.05, 0.1) is 0 Å². The fourth-order valence-electron chi connectivity index (χ4n) is 3.33. The number of sulfonamides is 1. The molecule has 1 fully saturated rings. The van der Waals surface area contributed by atoms with E-state index in [0.29, 0.717) is 31.3 Å². The normalized spacial score (nSPS) is 21.8. The van der Waals surface area contributed by atoms with Crippen molar-refractivity contribution in [1.29, 1.82) is 0 Å². The van der Waals surface area contributed by atoms with Gasteiger partial charge in [0.15, 0.2) is 11.5 Å². The Balaban J connectivity index is 1.84. The van der Waals surface area contributed by atoms with Gasteiger partial charge in [-0.15, -0.1) is 0 Å². The summed E-state index contributed by atoms with van der Waals surface area (Å²) < 4.78 is 38.4. The maximum atomic E-state index is 13.0.